The van der Waals surface area contributed by atoms with Crippen LogP contribution in [-0.2, 0) is 11.3 Å². The summed E-state index contributed by atoms with van der Waals surface area (Å²) in [6, 6.07) is 11.2. The summed E-state index contributed by atoms with van der Waals surface area (Å²) in [6.45, 7) is 7.25. The molecule has 12 heteroatoms. The summed E-state index contributed by atoms with van der Waals surface area (Å²) in [5.41, 5.74) is 1.49. The number of carboxylic acid groups (broad SMARTS) is 1. The van der Waals surface area contributed by atoms with Crippen molar-refractivity contribution in [2.45, 2.75) is 52.1 Å². The van der Waals surface area contributed by atoms with Crippen molar-refractivity contribution in [2.75, 3.05) is 31.5 Å². The van der Waals surface area contributed by atoms with E-state index < -0.39 is 18.2 Å². The Labute approximate surface area is 231 Å². The Bertz CT molecular complexity index is 1130. The second-order valence-corrected chi connectivity index (χ2v) is 10.2. The van der Waals surface area contributed by atoms with Crippen LogP contribution in [0.15, 0.2) is 48.5 Å². The van der Waals surface area contributed by atoms with Gasteiger partial charge in [-0.05, 0) is 60.7 Å². The molecule has 0 bridgehead atoms. The zero-order valence-electron chi connectivity index (χ0n) is 22.5. The first-order valence-corrected chi connectivity index (χ1v) is 13.1. The molecule has 218 valence electrons. The van der Waals surface area contributed by atoms with Gasteiger partial charge in [-0.2, -0.15) is 0 Å². The van der Waals surface area contributed by atoms with E-state index >= 15 is 0 Å². The number of ether oxygens (including phenoxy) is 1. The van der Waals surface area contributed by atoms with Gasteiger partial charge >= 0.3 is 18.4 Å². The maximum Gasteiger partial charge on any atom is 0.573 e. The van der Waals surface area contributed by atoms with E-state index in [0.717, 1.165) is 50.2 Å². The number of aliphatic carboxylic acids is 1. The van der Waals surface area contributed by atoms with Crippen molar-refractivity contribution in [3.63, 3.8) is 0 Å². The quantitative estimate of drug-likeness (QED) is 0.357. The number of hydrogen-bond acceptors (Lipinski definition) is 5. The summed E-state index contributed by atoms with van der Waals surface area (Å²) in [5.74, 6) is -1.25. The molecule has 0 aliphatic carbocycles. The number of piperidine rings is 1. The third kappa shape index (κ3) is 10.1. The zero-order valence-corrected chi connectivity index (χ0v) is 22.5. The van der Waals surface area contributed by atoms with Crippen molar-refractivity contribution in [3.8, 4) is 5.75 Å². The van der Waals surface area contributed by atoms with Crippen LogP contribution < -0.4 is 15.4 Å². The van der Waals surface area contributed by atoms with E-state index in [2.05, 4.69) is 34.1 Å². The molecule has 9 nitrogen and oxygen atoms in total. The third-order valence-electron chi connectivity index (χ3n) is 6.41. The highest BCUT2D eigenvalue weighted by Crippen LogP contribution is 2.25. The smallest absolute Gasteiger partial charge is 0.481 e. The maximum atomic E-state index is 13.4. The van der Waals surface area contributed by atoms with Crippen molar-refractivity contribution < 1.29 is 37.4 Å². The number of likely N-dealkylation sites (tertiary alicyclic amines) is 1. The molecule has 0 atom stereocenters. The summed E-state index contributed by atoms with van der Waals surface area (Å²) in [4.78, 5) is 40.4. The van der Waals surface area contributed by atoms with E-state index in [1.165, 1.54) is 12.1 Å². The van der Waals surface area contributed by atoms with Crippen LogP contribution in [0.1, 0.15) is 49.0 Å². The standard InChI is InChI=1S/C28H35F3N4O5/c1-19(2)17-34-15-12-23(13-16-34)35(27(39)33-22-7-9-24(10-8-22)40-28(29,30)31)18-20-3-5-21(6-4-20)26(38)32-14-11-25(36)37/h3-10,19,23H,11-18H2,1-2H3,(H,32,38)(H,33,39)(H,36,37). The van der Waals surface area contributed by atoms with Gasteiger partial charge in [0, 0.05) is 50.0 Å². The normalized spacial score (nSPS) is 14.6. The summed E-state index contributed by atoms with van der Waals surface area (Å²) in [6.07, 6.45) is -3.45. The van der Waals surface area contributed by atoms with E-state index in [1.807, 2.05) is 0 Å². The minimum absolute atomic E-state index is 0.0166. The van der Waals surface area contributed by atoms with Gasteiger partial charge in [0.2, 0.25) is 0 Å². The zero-order chi connectivity index (χ0) is 29.3. The van der Waals surface area contributed by atoms with E-state index in [4.69, 9.17) is 5.11 Å². The van der Waals surface area contributed by atoms with Crippen LogP contribution in [0.4, 0.5) is 23.7 Å². The third-order valence-corrected chi connectivity index (χ3v) is 6.41. The van der Waals surface area contributed by atoms with Crippen LogP contribution in [0.3, 0.4) is 0 Å². The van der Waals surface area contributed by atoms with Crippen LogP contribution in [-0.4, -0.2) is 71.4 Å². The van der Waals surface area contributed by atoms with Crippen LogP contribution >= 0.6 is 0 Å². The molecule has 0 aromatic heterocycles. The average Bonchev–Trinajstić information content (AvgIpc) is 2.88. The van der Waals surface area contributed by atoms with Gasteiger partial charge in [0.1, 0.15) is 5.75 Å². The van der Waals surface area contributed by atoms with E-state index in [1.54, 1.807) is 29.2 Å². The minimum atomic E-state index is -4.80. The Morgan fingerprint density at radius 1 is 1.05 bits per heavy atom. The van der Waals surface area contributed by atoms with Gasteiger partial charge < -0.3 is 30.3 Å². The van der Waals surface area contributed by atoms with Gasteiger partial charge in [0.15, 0.2) is 0 Å². The Morgan fingerprint density at radius 2 is 1.68 bits per heavy atom. The number of amides is 3. The summed E-state index contributed by atoms with van der Waals surface area (Å²) >= 11 is 0. The fourth-order valence-corrected chi connectivity index (χ4v) is 4.58. The number of halogens is 3. The Hall–Kier alpha value is -3.80. The number of benzene rings is 2. The number of nitrogens with zero attached hydrogens (tertiary/aromatic N) is 2. The lowest BCUT2D eigenvalue weighted by molar-refractivity contribution is -0.274. The molecular formula is C28H35F3N4O5. The van der Waals surface area contributed by atoms with Crippen molar-refractivity contribution >= 4 is 23.6 Å². The van der Waals surface area contributed by atoms with Crippen LogP contribution in [0, 0.1) is 5.92 Å². The van der Waals surface area contributed by atoms with Gasteiger partial charge in [-0.15, -0.1) is 13.2 Å². The number of carbonyl (C=O) groups excluding carboxylic acids is 2. The van der Waals surface area contributed by atoms with Gasteiger partial charge in [0.05, 0.1) is 6.42 Å². The molecule has 1 aliphatic heterocycles. The molecule has 3 rings (SSSR count). The van der Waals surface area contributed by atoms with Crippen molar-refractivity contribution in [2.24, 2.45) is 5.92 Å². The predicted molar refractivity (Wildman–Crippen MR) is 143 cm³/mol. The van der Waals surface area contributed by atoms with Gasteiger partial charge in [-0.25, -0.2) is 4.79 Å². The highest BCUT2D eigenvalue weighted by molar-refractivity contribution is 5.94. The number of carbonyl (C=O) groups is 3. The molecule has 0 saturated carbocycles. The lowest BCUT2D eigenvalue weighted by Gasteiger charge is -2.39. The Kier molecular flexibility index (Phi) is 10.8. The maximum absolute atomic E-state index is 13.4. The molecule has 2 aromatic carbocycles. The monoisotopic (exact) mass is 564 g/mol. The van der Waals surface area contributed by atoms with Gasteiger partial charge in [-0.3, -0.25) is 9.59 Å². The molecule has 1 fully saturated rings. The molecule has 1 saturated heterocycles. The number of alkyl halides is 3. The average molecular weight is 565 g/mol. The van der Waals surface area contributed by atoms with Crippen molar-refractivity contribution in [1.29, 1.82) is 0 Å². The van der Waals surface area contributed by atoms with Gasteiger partial charge in [0.25, 0.3) is 5.91 Å². The molecule has 0 unspecified atom stereocenters. The molecule has 3 N–H and O–H groups in total. The second kappa shape index (κ2) is 14.0. The lowest BCUT2D eigenvalue weighted by Crippen LogP contribution is -2.49. The summed E-state index contributed by atoms with van der Waals surface area (Å²) in [7, 11) is 0. The fraction of sp³-hybridized carbons (Fsp3) is 0.464. The summed E-state index contributed by atoms with van der Waals surface area (Å²) < 4.78 is 41.3. The SMILES string of the molecule is CC(C)CN1CCC(N(Cc2ccc(C(=O)NCCC(=O)O)cc2)C(=O)Nc2ccc(OC(F)(F)F)cc2)CC1. The lowest BCUT2D eigenvalue weighted by atomic mass is 10.0. The minimum Gasteiger partial charge on any atom is -0.481 e. The highest BCUT2D eigenvalue weighted by Gasteiger charge is 2.31. The van der Waals surface area contributed by atoms with E-state index in [-0.39, 0.29) is 37.3 Å². The summed E-state index contributed by atoms with van der Waals surface area (Å²) in [5, 5.41) is 14.1. The Morgan fingerprint density at radius 3 is 2.23 bits per heavy atom. The molecule has 2 aromatic rings. The fourth-order valence-electron chi connectivity index (χ4n) is 4.58. The van der Waals surface area contributed by atoms with Crippen molar-refractivity contribution in [1.82, 2.24) is 15.1 Å². The van der Waals surface area contributed by atoms with Gasteiger partial charge in [-0.1, -0.05) is 26.0 Å². The largest absolute Gasteiger partial charge is 0.573 e. The van der Waals surface area contributed by atoms with E-state index in [9.17, 15) is 27.6 Å². The highest BCUT2D eigenvalue weighted by atomic mass is 19.4. The first-order valence-electron chi connectivity index (χ1n) is 13.1. The number of urea groups is 1. The number of hydrogen-bond donors (Lipinski definition) is 3. The first kappa shape index (κ1) is 30.7. The predicted octanol–water partition coefficient (Wildman–Crippen LogP) is 4.94. The molecule has 1 heterocycles. The van der Waals surface area contributed by atoms with E-state index in [0.29, 0.717) is 17.2 Å². The topological polar surface area (TPSA) is 111 Å². The number of carboxylic acids is 1. The molecular weight excluding hydrogens is 529 g/mol. The Balaban J connectivity index is 1.70. The van der Waals surface area contributed by atoms with Crippen LogP contribution in [0.2, 0.25) is 0 Å². The first-order chi connectivity index (χ1) is 18.9. The van der Waals surface area contributed by atoms with Crippen molar-refractivity contribution in [3.05, 3.63) is 59.7 Å². The number of rotatable bonds is 11. The second-order valence-electron chi connectivity index (χ2n) is 10.2. The number of nitrogens with one attached hydrogen (secondary N) is 2. The number of anilines is 1. The van der Waals surface area contributed by atoms with Crippen LogP contribution in [0.5, 0.6) is 5.75 Å². The molecule has 3 amide bonds. The molecule has 0 radical (unpaired) electrons. The molecule has 0 spiro atoms. The molecule has 40 heavy (non-hydrogen) atoms. The molecule has 1 aliphatic rings. The van der Waals surface area contributed by atoms with Crippen LogP contribution in [0.25, 0.3) is 0 Å².